The standard InChI is InChI=1S/C14H13N3O4S/c15-14(18)17-16-10-11-5-4-6-12(9-11)21-22(19,20)13-7-2-1-3-8-13/h1-10H,(H3,15,17,18)/b16-10-. The third-order valence-corrected chi connectivity index (χ3v) is 3.75. The zero-order valence-corrected chi connectivity index (χ0v) is 12.2. The average molecular weight is 319 g/mol. The highest BCUT2D eigenvalue weighted by atomic mass is 32.2. The van der Waals surface area contributed by atoms with Crippen LogP contribution in [0.3, 0.4) is 0 Å². The fraction of sp³-hybridized carbons (Fsp3) is 0. The Kier molecular flexibility index (Phi) is 4.74. The third-order valence-electron chi connectivity index (χ3n) is 2.48. The fourth-order valence-electron chi connectivity index (χ4n) is 1.58. The lowest BCUT2D eigenvalue weighted by Crippen LogP contribution is -2.24. The van der Waals surface area contributed by atoms with E-state index >= 15 is 0 Å². The SMILES string of the molecule is NC(=O)N/N=C\c1cccc(OS(=O)(=O)c2ccccc2)c1. The first-order valence-corrected chi connectivity index (χ1v) is 7.56. The molecule has 2 rings (SSSR count). The molecular weight excluding hydrogens is 306 g/mol. The van der Waals surface area contributed by atoms with E-state index in [0.717, 1.165) is 0 Å². The lowest BCUT2D eigenvalue weighted by molar-refractivity contribution is 0.249. The molecule has 2 amide bonds. The van der Waals surface area contributed by atoms with Crippen molar-refractivity contribution in [2.45, 2.75) is 4.90 Å². The molecule has 0 unspecified atom stereocenters. The van der Waals surface area contributed by atoms with Crippen molar-refractivity contribution in [3.8, 4) is 5.75 Å². The van der Waals surface area contributed by atoms with Gasteiger partial charge in [-0.2, -0.15) is 13.5 Å². The second-order valence-corrected chi connectivity index (χ2v) is 5.70. The maximum Gasteiger partial charge on any atom is 0.339 e. The van der Waals surface area contributed by atoms with E-state index in [2.05, 4.69) is 5.10 Å². The van der Waals surface area contributed by atoms with Gasteiger partial charge in [0.15, 0.2) is 0 Å². The van der Waals surface area contributed by atoms with Gasteiger partial charge in [-0.05, 0) is 29.8 Å². The number of carbonyl (C=O) groups is 1. The Hall–Kier alpha value is -2.87. The van der Waals surface area contributed by atoms with E-state index in [-0.39, 0.29) is 10.6 Å². The number of hydrogen-bond donors (Lipinski definition) is 2. The molecule has 114 valence electrons. The van der Waals surface area contributed by atoms with Gasteiger partial charge in [0.25, 0.3) is 0 Å². The van der Waals surface area contributed by atoms with Crippen LogP contribution in [0.15, 0.2) is 64.6 Å². The number of hydrazone groups is 1. The zero-order valence-electron chi connectivity index (χ0n) is 11.3. The number of carbonyl (C=O) groups excluding carboxylic acids is 1. The van der Waals surface area contributed by atoms with Crippen LogP contribution in [0.2, 0.25) is 0 Å². The van der Waals surface area contributed by atoms with Gasteiger partial charge < -0.3 is 9.92 Å². The number of nitrogens with zero attached hydrogens (tertiary/aromatic N) is 1. The van der Waals surface area contributed by atoms with Crippen molar-refractivity contribution in [2.24, 2.45) is 10.8 Å². The van der Waals surface area contributed by atoms with Crippen molar-refractivity contribution in [3.63, 3.8) is 0 Å². The molecule has 0 saturated heterocycles. The van der Waals surface area contributed by atoms with Crippen molar-refractivity contribution < 1.29 is 17.4 Å². The minimum atomic E-state index is -3.90. The number of nitrogens with two attached hydrogens (primary N) is 1. The number of hydrogen-bond acceptors (Lipinski definition) is 5. The number of nitrogens with one attached hydrogen (secondary N) is 1. The van der Waals surface area contributed by atoms with Crippen LogP contribution < -0.4 is 15.3 Å². The summed E-state index contributed by atoms with van der Waals surface area (Å²) in [5.74, 6) is 0.131. The van der Waals surface area contributed by atoms with Crippen molar-refractivity contribution >= 4 is 22.4 Å². The summed E-state index contributed by atoms with van der Waals surface area (Å²) in [5.41, 5.74) is 7.44. The molecule has 22 heavy (non-hydrogen) atoms. The molecule has 0 aliphatic rings. The van der Waals surface area contributed by atoms with E-state index in [0.29, 0.717) is 5.56 Å². The van der Waals surface area contributed by atoms with Crippen LogP contribution in [-0.4, -0.2) is 20.7 Å². The molecule has 0 bridgehead atoms. The smallest absolute Gasteiger partial charge is 0.339 e. The van der Waals surface area contributed by atoms with Crippen LogP contribution in [0, 0.1) is 0 Å². The molecule has 2 aromatic carbocycles. The lowest BCUT2D eigenvalue weighted by atomic mass is 10.2. The molecule has 0 atom stereocenters. The first-order chi connectivity index (χ1) is 10.5. The summed E-state index contributed by atoms with van der Waals surface area (Å²) in [6, 6.07) is 13.2. The first-order valence-electron chi connectivity index (χ1n) is 6.15. The molecule has 0 saturated carbocycles. The van der Waals surface area contributed by atoms with Crippen molar-refractivity contribution in [3.05, 3.63) is 60.2 Å². The quantitative estimate of drug-likeness (QED) is 0.493. The van der Waals surface area contributed by atoms with Crippen LogP contribution in [0.25, 0.3) is 0 Å². The molecule has 0 fully saturated rings. The van der Waals surface area contributed by atoms with Gasteiger partial charge >= 0.3 is 16.1 Å². The fourth-order valence-corrected chi connectivity index (χ4v) is 2.52. The van der Waals surface area contributed by atoms with E-state index in [1.54, 1.807) is 30.3 Å². The molecule has 0 radical (unpaired) electrons. The number of primary amides is 1. The Morgan fingerprint density at radius 2 is 1.86 bits per heavy atom. The van der Waals surface area contributed by atoms with Gasteiger partial charge in [-0.1, -0.05) is 30.3 Å². The summed E-state index contributed by atoms with van der Waals surface area (Å²) in [6.07, 6.45) is 1.31. The van der Waals surface area contributed by atoms with E-state index in [1.165, 1.54) is 30.5 Å². The molecule has 0 heterocycles. The van der Waals surface area contributed by atoms with Crippen LogP contribution in [0.5, 0.6) is 5.75 Å². The van der Waals surface area contributed by atoms with Crippen molar-refractivity contribution in [2.75, 3.05) is 0 Å². The molecular formula is C14H13N3O4S. The van der Waals surface area contributed by atoms with Gasteiger partial charge in [0.2, 0.25) is 0 Å². The number of benzene rings is 2. The van der Waals surface area contributed by atoms with Crippen LogP contribution in [0.4, 0.5) is 4.79 Å². The third kappa shape index (κ3) is 4.32. The summed E-state index contributed by atoms with van der Waals surface area (Å²) < 4.78 is 29.2. The molecule has 0 spiro atoms. The van der Waals surface area contributed by atoms with Crippen LogP contribution >= 0.6 is 0 Å². The molecule has 3 N–H and O–H groups in total. The minimum absolute atomic E-state index is 0.0597. The van der Waals surface area contributed by atoms with Gasteiger partial charge in [-0.3, -0.25) is 0 Å². The monoisotopic (exact) mass is 319 g/mol. The maximum absolute atomic E-state index is 12.1. The summed E-state index contributed by atoms with van der Waals surface area (Å²) >= 11 is 0. The van der Waals surface area contributed by atoms with E-state index < -0.39 is 16.1 Å². The minimum Gasteiger partial charge on any atom is -0.379 e. The molecule has 0 aliphatic carbocycles. The number of rotatable bonds is 5. The predicted octanol–water partition coefficient (Wildman–Crippen LogP) is 1.46. The van der Waals surface area contributed by atoms with Crippen molar-refractivity contribution in [1.82, 2.24) is 5.43 Å². The summed E-state index contributed by atoms with van der Waals surface area (Å²) in [4.78, 5) is 10.6. The number of urea groups is 1. The Morgan fingerprint density at radius 1 is 1.14 bits per heavy atom. The highest BCUT2D eigenvalue weighted by molar-refractivity contribution is 7.87. The van der Waals surface area contributed by atoms with Crippen molar-refractivity contribution in [1.29, 1.82) is 0 Å². The van der Waals surface area contributed by atoms with Crippen LogP contribution in [0.1, 0.15) is 5.56 Å². The first kappa shape index (κ1) is 15.5. The van der Waals surface area contributed by atoms with Gasteiger partial charge in [0, 0.05) is 0 Å². The molecule has 0 aromatic heterocycles. The number of amides is 2. The second kappa shape index (κ2) is 6.72. The topological polar surface area (TPSA) is 111 Å². The van der Waals surface area contributed by atoms with Crippen LogP contribution in [-0.2, 0) is 10.1 Å². The molecule has 7 nitrogen and oxygen atoms in total. The van der Waals surface area contributed by atoms with Gasteiger partial charge in [0.05, 0.1) is 6.21 Å². The van der Waals surface area contributed by atoms with Gasteiger partial charge in [0.1, 0.15) is 10.6 Å². The van der Waals surface area contributed by atoms with E-state index in [1.807, 2.05) is 5.43 Å². The van der Waals surface area contributed by atoms with Gasteiger partial charge in [-0.25, -0.2) is 10.2 Å². The Balaban J connectivity index is 2.17. The average Bonchev–Trinajstić information content (AvgIpc) is 2.48. The molecule has 8 heteroatoms. The maximum atomic E-state index is 12.1. The Morgan fingerprint density at radius 3 is 2.55 bits per heavy atom. The highest BCUT2D eigenvalue weighted by Gasteiger charge is 2.15. The highest BCUT2D eigenvalue weighted by Crippen LogP contribution is 2.19. The van der Waals surface area contributed by atoms with Gasteiger partial charge in [-0.15, -0.1) is 0 Å². The zero-order chi connectivity index (χ0) is 16.0. The van der Waals surface area contributed by atoms with E-state index in [4.69, 9.17) is 9.92 Å². The summed E-state index contributed by atoms with van der Waals surface area (Å²) in [5, 5.41) is 3.58. The summed E-state index contributed by atoms with van der Waals surface area (Å²) in [6.45, 7) is 0. The Bertz CT molecular complexity index is 789. The normalized spacial score (nSPS) is 11.3. The van der Waals surface area contributed by atoms with E-state index in [9.17, 15) is 13.2 Å². The largest absolute Gasteiger partial charge is 0.379 e. The Labute approximate surface area is 127 Å². The summed E-state index contributed by atoms with van der Waals surface area (Å²) in [7, 11) is -3.90. The predicted molar refractivity (Wildman–Crippen MR) is 81.0 cm³/mol. The molecule has 0 aliphatic heterocycles. The molecule has 2 aromatic rings. The second-order valence-electron chi connectivity index (χ2n) is 4.16. The lowest BCUT2D eigenvalue weighted by Gasteiger charge is -2.07.